The number of ether oxygens (including phenoxy) is 2. The normalized spacial score (nSPS) is 12.4. The molecule has 4 rings (SSSR count). The zero-order valence-corrected chi connectivity index (χ0v) is 18.3. The molecule has 2 heterocycles. The lowest BCUT2D eigenvalue weighted by molar-refractivity contribution is -0.148. The molecule has 0 aliphatic heterocycles. The van der Waals surface area contributed by atoms with Crippen LogP contribution in [0.4, 0.5) is 5.69 Å². The smallest absolute Gasteiger partial charge is 0.331 e. The fourth-order valence-electron chi connectivity index (χ4n) is 3.09. The van der Waals surface area contributed by atoms with Gasteiger partial charge in [-0.25, -0.2) is 4.79 Å². The number of rotatable bonds is 6. The van der Waals surface area contributed by atoms with Crippen LogP contribution in [0.3, 0.4) is 0 Å². The second-order valence-corrected chi connectivity index (χ2v) is 7.47. The van der Waals surface area contributed by atoms with Crippen LogP contribution in [0.2, 0.25) is 0 Å². The highest BCUT2D eigenvalue weighted by molar-refractivity contribution is 9.10. The number of esters is 1. The summed E-state index contributed by atoms with van der Waals surface area (Å²) in [5, 5.41) is 4.56. The van der Waals surface area contributed by atoms with Crippen LogP contribution in [0, 0.1) is 0 Å². The first kappa shape index (κ1) is 20.7. The zero-order valence-electron chi connectivity index (χ0n) is 16.7. The SMILES string of the molecule is COc1cc2c(cc1NC(=O)C(C)OC(=O)C=Cc1ccc(Br)o1)oc1ccccc12. The van der Waals surface area contributed by atoms with Crippen molar-refractivity contribution in [2.24, 2.45) is 0 Å². The van der Waals surface area contributed by atoms with E-state index in [0.717, 1.165) is 16.4 Å². The van der Waals surface area contributed by atoms with Crippen molar-refractivity contribution in [3.63, 3.8) is 0 Å². The highest BCUT2D eigenvalue weighted by atomic mass is 79.9. The Bertz CT molecular complexity index is 1300. The van der Waals surface area contributed by atoms with Crippen LogP contribution >= 0.6 is 15.9 Å². The summed E-state index contributed by atoms with van der Waals surface area (Å²) in [6.07, 6.45) is 1.61. The third-order valence-corrected chi connectivity index (χ3v) is 5.02. The highest BCUT2D eigenvalue weighted by Gasteiger charge is 2.20. The molecule has 0 saturated carbocycles. The molecule has 2 aromatic carbocycles. The van der Waals surface area contributed by atoms with Crippen LogP contribution in [-0.2, 0) is 14.3 Å². The molecule has 0 fully saturated rings. The van der Waals surface area contributed by atoms with Crippen LogP contribution in [-0.4, -0.2) is 25.1 Å². The number of nitrogens with one attached hydrogen (secondary N) is 1. The van der Waals surface area contributed by atoms with E-state index in [4.69, 9.17) is 18.3 Å². The maximum absolute atomic E-state index is 12.6. The summed E-state index contributed by atoms with van der Waals surface area (Å²) < 4.78 is 22.3. The molecule has 1 unspecified atom stereocenters. The summed E-state index contributed by atoms with van der Waals surface area (Å²) in [5.41, 5.74) is 1.76. The van der Waals surface area contributed by atoms with Crippen LogP contribution < -0.4 is 10.1 Å². The first-order valence-corrected chi connectivity index (χ1v) is 10.2. The Morgan fingerprint density at radius 1 is 1.06 bits per heavy atom. The molecule has 1 N–H and O–H groups in total. The number of hydrogen-bond acceptors (Lipinski definition) is 6. The summed E-state index contributed by atoms with van der Waals surface area (Å²) >= 11 is 3.18. The predicted molar refractivity (Wildman–Crippen MR) is 120 cm³/mol. The topological polar surface area (TPSA) is 90.9 Å². The van der Waals surface area contributed by atoms with E-state index in [0.29, 0.717) is 27.4 Å². The van der Waals surface area contributed by atoms with E-state index in [9.17, 15) is 9.59 Å². The quantitative estimate of drug-likeness (QED) is 0.286. The van der Waals surface area contributed by atoms with Crippen molar-refractivity contribution in [3.8, 4) is 5.75 Å². The third kappa shape index (κ3) is 4.49. The number of furan rings is 2. The second kappa shape index (κ2) is 8.69. The van der Waals surface area contributed by atoms with E-state index in [-0.39, 0.29) is 0 Å². The van der Waals surface area contributed by atoms with Gasteiger partial charge >= 0.3 is 5.97 Å². The van der Waals surface area contributed by atoms with E-state index in [1.807, 2.05) is 24.3 Å². The van der Waals surface area contributed by atoms with Crippen molar-refractivity contribution in [1.29, 1.82) is 0 Å². The summed E-state index contributed by atoms with van der Waals surface area (Å²) in [4.78, 5) is 24.6. The predicted octanol–water partition coefficient (Wildman–Crippen LogP) is 5.53. The molecule has 4 aromatic rings. The van der Waals surface area contributed by atoms with Gasteiger partial charge in [0, 0.05) is 22.9 Å². The molecule has 8 heteroatoms. The molecule has 0 aliphatic carbocycles. The number of para-hydroxylation sites is 1. The van der Waals surface area contributed by atoms with E-state index in [1.165, 1.54) is 26.2 Å². The Labute approximate surface area is 185 Å². The van der Waals surface area contributed by atoms with Gasteiger partial charge in [0.1, 0.15) is 22.7 Å². The largest absolute Gasteiger partial charge is 0.495 e. The summed E-state index contributed by atoms with van der Waals surface area (Å²) in [6, 6.07) is 14.5. The number of halogens is 1. The molecule has 31 heavy (non-hydrogen) atoms. The molecule has 0 bridgehead atoms. The molecule has 158 valence electrons. The van der Waals surface area contributed by atoms with Gasteiger partial charge in [0.15, 0.2) is 10.8 Å². The molecule has 1 atom stereocenters. The first-order valence-electron chi connectivity index (χ1n) is 9.39. The van der Waals surface area contributed by atoms with Crippen LogP contribution in [0.5, 0.6) is 5.75 Å². The number of carbonyl (C=O) groups is 2. The van der Waals surface area contributed by atoms with Crippen molar-refractivity contribution < 1.29 is 27.9 Å². The van der Waals surface area contributed by atoms with E-state index >= 15 is 0 Å². The van der Waals surface area contributed by atoms with E-state index in [2.05, 4.69) is 21.2 Å². The van der Waals surface area contributed by atoms with Crippen molar-refractivity contribution in [3.05, 3.63) is 65.0 Å². The van der Waals surface area contributed by atoms with Gasteiger partial charge in [0.25, 0.3) is 5.91 Å². The minimum Gasteiger partial charge on any atom is -0.495 e. The maximum atomic E-state index is 12.6. The lowest BCUT2D eigenvalue weighted by Gasteiger charge is -2.14. The fourth-order valence-corrected chi connectivity index (χ4v) is 3.41. The number of anilines is 1. The van der Waals surface area contributed by atoms with Crippen molar-refractivity contribution in [2.45, 2.75) is 13.0 Å². The fraction of sp³-hybridized carbons (Fsp3) is 0.130. The average Bonchev–Trinajstić information content (AvgIpc) is 3.34. The minimum absolute atomic E-state index is 0.415. The molecule has 1 amide bonds. The van der Waals surface area contributed by atoms with Gasteiger partial charge in [-0.15, -0.1) is 0 Å². The average molecular weight is 484 g/mol. The number of fused-ring (bicyclic) bond motifs is 3. The van der Waals surface area contributed by atoms with Gasteiger partial charge in [-0.3, -0.25) is 4.79 Å². The van der Waals surface area contributed by atoms with Crippen LogP contribution in [0.15, 0.2) is 68.1 Å². The van der Waals surface area contributed by atoms with Crippen LogP contribution in [0.25, 0.3) is 28.0 Å². The van der Waals surface area contributed by atoms with Gasteiger partial charge in [-0.05, 0) is 53.2 Å². The molecule has 0 spiro atoms. The second-order valence-electron chi connectivity index (χ2n) is 6.69. The Morgan fingerprint density at radius 2 is 1.87 bits per heavy atom. The maximum Gasteiger partial charge on any atom is 0.331 e. The third-order valence-electron chi connectivity index (χ3n) is 4.60. The van der Waals surface area contributed by atoms with Gasteiger partial charge in [-0.1, -0.05) is 18.2 Å². The minimum atomic E-state index is -1.03. The molecule has 2 aromatic heterocycles. The summed E-state index contributed by atoms with van der Waals surface area (Å²) in [7, 11) is 1.51. The Hall–Kier alpha value is -3.52. The standard InChI is InChI=1S/C23H18BrNO6/c1-13(29-22(26)10-8-14-7-9-21(24)30-14)23(27)25-17-12-19-16(11-20(17)28-2)15-5-3-4-6-18(15)31-19/h3-13H,1-2H3,(H,25,27). The van der Waals surface area contributed by atoms with E-state index < -0.39 is 18.0 Å². The van der Waals surface area contributed by atoms with Crippen LogP contribution in [0.1, 0.15) is 12.7 Å². The van der Waals surface area contributed by atoms with Gasteiger partial charge in [-0.2, -0.15) is 0 Å². The Balaban J connectivity index is 1.48. The van der Waals surface area contributed by atoms with E-state index in [1.54, 1.807) is 24.3 Å². The number of benzene rings is 2. The van der Waals surface area contributed by atoms with Crippen molar-refractivity contribution in [2.75, 3.05) is 12.4 Å². The molecule has 0 saturated heterocycles. The number of hydrogen-bond donors (Lipinski definition) is 1. The lowest BCUT2D eigenvalue weighted by atomic mass is 10.1. The number of methoxy groups -OCH3 is 1. The summed E-state index contributed by atoms with van der Waals surface area (Å²) in [5.74, 6) is -0.231. The van der Waals surface area contributed by atoms with Gasteiger partial charge < -0.3 is 23.6 Å². The van der Waals surface area contributed by atoms with Gasteiger partial charge in [0.05, 0.1) is 12.8 Å². The first-order chi connectivity index (χ1) is 14.9. The number of carbonyl (C=O) groups excluding carboxylic acids is 2. The van der Waals surface area contributed by atoms with Crippen molar-refractivity contribution >= 4 is 61.5 Å². The molecule has 0 radical (unpaired) electrons. The van der Waals surface area contributed by atoms with Gasteiger partial charge in [0.2, 0.25) is 0 Å². The summed E-state index contributed by atoms with van der Waals surface area (Å²) in [6.45, 7) is 1.48. The zero-order chi connectivity index (χ0) is 22.0. The Kier molecular flexibility index (Phi) is 5.81. The molecule has 0 aliphatic rings. The van der Waals surface area contributed by atoms with Crippen molar-refractivity contribution in [1.82, 2.24) is 0 Å². The Morgan fingerprint density at radius 3 is 2.61 bits per heavy atom. The lowest BCUT2D eigenvalue weighted by Crippen LogP contribution is -2.29. The molecular formula is C23H18BrNO6. The molecule has 7 nitrogen and oxygen atoms in total. The highest BCUT2D eigenvalue weighted by Crippen LogP contribution is 2.36. The molecular weight excluding hydrogens is 466 g/mol. The number of amides is 1. The monoisotopic (exact) mass is 483 g/mol.